The van der Waals surface area contributed by atoms with Crippen LogP contribution in [0.1, 0.15) is 41.9 Å². The van der Waals surface area contributed by atoms with Gasteiger partial charge in [0, 0.05) is 39.6 Å². The predicted octanol–water partition coefficient (Wildman–Crippen LogP) is 3.03. The minimum atomic E-state index is -4.73. The van der Waals surface area contributed by atoms with Gasteiger partial charge in [-0.3, -0.25) is 23.9 Å². The van der Waals surface area contributed by atoms with Crippen molar-refractivity contribution in [2.75, 3.05) is 13.1 Å². The molecule has 1 aliphatic rings. The number of alkyl halides is 3. The molecule has 3 aromatic rings. The molecule has 0 aliphatic carbocycles. The highest BCUT2D eigenvalue weighted by Crippen LogP contribution is 2.26. The van der Waals surface area contributed by atoms with Gasteiger partial charge in [0.05, 0.1) is 5.52 Å². The molecule has 0 spiro atoms. The number of ketones is 1. The van der Waals surface area contributed by atoms with Gasteiger partial charge in [-0.2, -0.15) is 0 Å². The van der Waals surface area contributed by atoms with Crippen LogP contribution in [-0.4, -0.2) is 44.3 Å². The van der Waals surface area contributed by atoms with E-state index >= 15 is 0 Å². The topological polar surface area (TPSA) is 86.4 Å². The van der Waals surface area contributed by atoms with E-state index in [-0.39, 0.29) is 23.3 Å². The van der Waals surface area contributed by atoms with Gasteiger partial charge in [-0.25, -0.2) is 4.98 Å². The van der Waals surface area contributed by atoms with Crippen molar-refractivity contribution in [3.63, 3.8) is 0 Å². The summed E-state index contributed by atoms with van der Waals surface area (Å²) in [5, 5.41) is 0. The minimum Gasteiger partial charge on any atom is -0.406 e. The number of benzene rings is 1. The van der Waals surface area contributed by atoms with Crippen LogP contribution >= 0.6 is 0 Å². The van der Waals surface area contributed by atoms with Crippen LogP contribution in [0.15, 0.2) is 46.0 Å². The number of hydrogen-bond donors (Lipinski definition) is 0. The maximum atomic E-state index is 12.9. The van der Waals surface area contributed by atoms with Gasteiger partial charge >= 0.3 is 17.5 Å². The monoisotopic (exact) mass is 476 g/mol. The second-order valence-electron chi connectivity index (χ2n) is 8.33. The molecule has 0 bridgehead atoms. The van der Waals surface area contributed by atoms with Crippen LogP contribution in [0.2, 0.25) is 0 Å². The number of rotatable bonds is 5. The second kappa shape index (κ2) is 9.05. The van der Waals surface area contributed by atoms with E-state index in [0.29, 0.717) is 43.6 Å². The van der Waals surface area contributed by atoms with E-state index in [0.717, 1.165) is 5.56 Å². The molecule has 11 heteroatoms. The summed E-state index contributed by atoms with van der Waals surface area (Å²) in [5.41, 5.74) is 0.485. The van der Waals surface area contributed by atoms with Crippen molar-refractivity contribution in [1.29, 1.82) is 0 Å². The average Bonchev–Trinajstić information content (AvgIpc) is 2.79. The zero-order valence-electron chi connectivity index (χ0n) is 18.6. The third kappa shape index (κ3) is 4.89. The van der Waals surface area contributed by atoms with Crippen molar-refractivity contribution in [1.82, 2.24) is 19.0 Å². The highest BCUT2D eigenvalue weighted by molar-refractivity contribution is 5.93. The van der Waals surface area contributed by atoms with Crippen molar-refractivity contribution in [3.05, 3.63) is 68.4 Å². The highest BCUT2D eigenvalue weighted by atomic mass is 19.4. The van der Waals surface area contributed by atoms with Crippen molar-refractivity contribution in [2.45, 2.75) is 38.7 Å². The molecular formula is C23H23F3N4O4. The van der Waals surface area contributed by atoms with Gasteiger partial charge in [0.25, 0.3) is 0 Å². The average molecular weight is 476 g/mol. The maximum Gasteiger partial charge on any atom is 0.573 e. The first kappa shape index (κ1) is 23.7. The quantitative estimate of drug-likeness (QED) is 0.416. The molecule has 8 nitrogen and oxygen atoms in total. The first-order valence-corrected chi connectivity index (χ1v) is 10.7. The highest BCUT2D eigenvalue weighted by Gasteiger charge is 2.31. The van der Waals surface area contributed by atoms with E-state index in [4.69, 9.17) is 0 Å². The Morgan fingerprint density at radius 1 is 1.06 bits per heavy atom. The molecule has 0 atom stereocenters. The molecule has 0 saturated carbocycles. The summed E-state index contributed by atoms with van der Waals surface area (Å²) in [4.78, 5) is 43.8. The lowest BCUT2D eigenvalue weighted by Gasteiger charge is -2.33. The molecule has 0 unspecified atom stereocenters. The number of likely N-dealkylation sites (tertiary alicyclic amines) is 1. The van der Waals surface area contributed by atoms with E-state index in [2.05, 4.69) is 14.6 Å². The molecule has 34 heavy (non-hydrogen) atoms. The Kier molecular flexibility index (Phi) is 6.30. The van der Waals surface area contributed by atoms with Gasteiger partial charge in [-0.05, 0) is 42.7 Å². The summed E-state index contributed by atoms with van der Waals surface area (Å²) in [6, 6.07) is 8.61. The number of ether oxygens (including phenoxy) is 1. The zero-order chi connectivity index (χ0) is 24.6. The van der Waals surface area contributed by atoms with Gasteiger partial charge < -0.3 is 9.30 Å². The smallest absolute Gasteiger partial charge is 0.406 e. The van der Waals surface area contributed by atoms with Gasteiger partial charge in [-0.15, -0.1) is 13.2 Å². The Morgan fingerprint density at radius 2 is 1.71 bits per heavy atom. The summed E-state index contributed by atoms with van der Waals surface area (Å²) in [7, 11) is 1.50. The fourth-order valence-electron chi connectivity index (χ4n) is 4.26. The van der Waals surface area contributed by atoms with Gasteiger partial charge in [0.1, 0.15) is 11.4 Å². The summed E-state index contributed by atoms with van der Waals surface area (Å²) in [5.74, 6) is -0.513. The zero-order valence-corrected chi connectivity index (χ0v) is 18.6. The maximum absolute atomic E-state index is 12.9. The third-order valence-corrected chi connectivity index (χ3v) is 6.00. The van der Waals surface area contributed by atoms with Gasteiger partial charge in [-0.1, -0.05) is 12.1 Å². The first-order valence-electron chi connectivity index (χ1n) is 10.7. The number of nitrogens with zero attached hydrogens (tertiary/aromatic N) is 4. The molecule has 0 N–H and O–H groups in total. The lowest BCUT2D eigenvalue weighted by Crippen LogP contribution is -2.45. The molecule has 1 aromatic carbocycles. The number of carbonyl (C=O) groups is 1. The van der Waals surface area contributed by atoms with Crippen LogP contribution < -0.4 is 15.9 Å². The molecule has 180 valence electrons. The summed E-state index contributed by atoms with van der Waals surface area (Å²) in [6.45, 7) is 3.14. The fraction of sp³-hybridized carbons (Fsp3) is 0.391. The lowest BCUT2D eigenvalue weighted by atomic mass is 10.0. The number of halogens is 3. The number of hydrogen-bond acceptors (Lipinski definition) is 6. The van der Waals surface area contributed by atoms with E-state index < -0.39 is 17.5 Å². The van der Waals surface area contributed by atoms with Crippen LogP contribution in [0.5, 0.6) is 5.75 Å². The molecule has 4 rings (SSSR count). The number of Topliss-reactive ketones (excluding diaryl/α,β-unsaturated/α-hetero) is 1. The number of fused-ring (bicyclic) bond motifs is 1. The van der Waals surface area contributed by atoms with Crippen molar-refractivity contribution in [2.24, 2.45) is 7.05 Å². The second-order valence-corrected chi connectivity index (χ2v) is 8.33. The standard InChI is InChI=1S/C23H23F3N4O4/c1-14(31)18-7-8-19-20(27-18)30(22(33)21(32)28(19)2)16-9-11-29(12-10-16)13-15-3-5-17(6-4-15)34-23(24,25)26/h3-8,16H,9-13H2,1-2H3. The van der Waals surface area contributed by atoms with E-state index in [1.165, 1.54) is 41.3 Å². The molecular weight excluding hydrogens is 453 g/mol. The van der Waals surface area contributed by atoms with Crippen LogP contribution in [0.4, 0.5) is 13.2 Å². The summed E-state index contributed by atoms with van der Waals surface area (Å²) >= 11 is 0. The molecule has 0 radical (unpaired) electrons. The van der Waals surface area contributed by atoms with E-state index in [1.54, 1.807) is 18.2 Å². The number of carbonyl (C=O) groups excluding carboxylic acids is 1. The van der Waals surface area contributed by atoms with Crippen LogP contribution in [0.3, 0.4) is 0 Å². The van der Waals surface area contributed by atoms with Gasteiger partial charge in [0.2, 0.25) is 0 Å². The largest absolute Gasteiger partial charge is 0.573 e. The number of aryl methyl sites for hydroxylation is 1. The molecule has 1 saturated heterocycles. The Bertz CT molecular complexity index is 1340. The van der Waals surface area contributed by atoms with Crippen molar-refractivity contribution in [3.8, 4) is 5.75 Å². The minimum absolute atomic E-state index is 0.217. The van der Waals surface area contributed by atoms with E-state index in [9.17, 15) is 27.6 Å². The number of piperidine rings is 1. The van der Waals surface area contributed by atoms with Crippen LogP contribution in [0, 0.1) is 0 Å². The van der Waals surface area contributed by atoms with Crippen LogP contribution in [-0.2, 0) is 13.6 Å². The Labute approximate surface area is 192 Å². The lowest BCUT2D eigenvalue weighted by molar-refractivity contribution is -0.274. The normalized spacial score (nSPS) is 15.6. The molecule has 1 fully saturated rings. The van der Waals surface area contributed by atoms with Crippen molar-refractivity contribution >= 4 is 16.9 Å². The summed E-state index contributed by atoms with van der Waals surface area (Å²) in [6.07, 6.45) is -3.59. The third-order valence-electron chi connectivity index (χ3n) is 6.00. The number of pyridine rings is 1. The molecule has 0 amide bonds. The Balaban J connectivity index is 1.52. The Hall–Kier alpha value is -3.47. The molecule has 1 aliphatic heterocycles. The summed E-state index contributed by atoms with van der Waals surface area (Å²) < 4.78 is 43.5. The number of aromatic nitrogens is 3. The Morgan fingerprint density at radius 3 is 2.29 bits per heavy atom. The van der Waals surface area contributed by atoms with E-state index in [1.807, 2.05) is 0 Å². The predicted molar refractivity (Wildman–Crippen MR) is 118 cm³/mol. The van der Waals surface area contributed by atoms with Gasteiger partial charge in [0.15, 0.2) is 11.4 Å². The fourth-order valence-corrected chi connectivity index (χ4v) is 4.26. The van der Waals surface area contributed by atoms with Crippen molar-refractivity contribution < 1.29 is 22.7 Å². The first-order chi connectivity index (χ1) is 16.0. The SMILES string of the molecule is CC(=O)c1ccc2c(n1)n(C1CCN(Cc3ccc(OC(F)(F)F)cc3)CC1)c(=O)c(=O)n2C. The molecule has 2 aromatic heterocycles. The molecule has 3 heterocycles. The van der Waals surface area contributed by atoms with Crippen LogP contribution in [0.25, 0.3) is 11.2 Å².